The Morgan fingerprint density at radius 2 is 2.08 bits per heavy atom. The minimum Gasteiger partial charge on any atom is -0.396 e. The molecule has 1 aromatic heterocycles. The summed E-state index contributed by atoms with van der Waals surface area (Å²) in [5.74, 6) is 0. The summed E-state index contributed by atoms with van der Waals surface area (Å²) in [5.41, 5.74) is 3.99. The lowest BCUT2D eigenvalue weighted by Gasteiger charge is -2.15. The number of urea groups is 1. The second kappa shape index (κ2) is 8.49. The molecule has 6 nitrogen and oxygen atoms in total. The number of amides is 2. The van der Waals surface area contributed by atoms with Crippen LogP contribution in [0.5, 0.6) is 0 Å². The number of rotatable bonds is 7. The Morgan fingerprint density at radius 1 is 1.33 bits per heavy atom. The van der Waals surface area contributed by atoms with Crippen molar-refractivity contribution in [3.63, 3.8) is 0 Å². The monoisotopic (exact) mass is 330 g/mol. The zero-order chi connectivity index (χ0) is 17.5. The van der Waals surface area contributed by atoms with Crippen LogP contribution in [0, 0.1) is 13.8 Å². The molecular formula is C18H26N4O2. The molecule has 1 heterocycles. The number of hydrogen-bond donors (Lipinski definition) is 3. The van der Waals surface area contributed by atoms with Crippen molar-refractivity contribution >= 4 is 6.03 Å². The van der Waals surface area contributed by atoms with E-state index in [1.54, 1.807) is 0 Å². The highest BCUT2D eigenvalue weighted by Crippen LogP contribution is 2.16. The number of aliphatic hydroxyl groups is 1. The molecule has 1 atom stereocenters. The third-order valence-electron chi connectivity index (χ3n) is 3.84. The Hall–Kier alpha value is -2.34. The second-order valence-electron chi connectivity index (χ2n) is 6.06. The highest BCUT2D eigenvalue weighted by Gasteiger charge is 2.11. The van der Waals surface area contributed by atoms with Crippen molar-refractivity contribution in [2.45, 2.75) is 46.2 Å². The molecule has 0 radical (unpaired) electrons. The van der Waals surface area contributed by atoms with Crippen molar-refractivity contribution in [1.82, 2.24) is 20.4 Å². The van der Waals surface area contributed by atoms with Crippen LogP contribution in [0.25, 0.3) is 5.69 Å². The molecule has 1 aromatic carbocycles. The summed E-state index contributed by atoms with van der Waals surface area (Å²) in [4.78, 5) is 12.0. The average Bonchev–Trinajstić information content (AvgIpc) is 2.89. The van der Waals surface area contributed by atoms with Crippen LogP contribution in [0.2, 0.25) is 0 Å². The first kappa shape index (κ1) is 18.0. The molecule has 0 fully saturated rings. The van der Waals surface area contributed by atoms with Gasteiger partial charge in [0.05, 0.1) is 11.4 Å². The molecule has 3 N–H and O–H groups in total. The van der Waals surface area contributed by atoms with Crippen LogP contribution < -0.4 is 10.6 Å². The molecule has 2 aromatic rings. The number of nitrogens with one attached hydrogen (secondary N) is 2. The predicted octanol–water partition coefficient (Wildman–Crippen LogP) is 2.45. The van der Waals surface area contributed by atoms with E-state index in [0.717, 1.165) is 29.1 Å². The summed E-state index contributed by atoms with van der Waals surface area (Å²) in [6.45, 7) is 6.47. The van der Waals surface area contributed by atoms with Crippen molar-refractivity contribution < 1.29 is 9.90 Å². The number of aromatic nitrogens is 2. The van der Waals surface area contributed by atoms with Gasteiger partial charge in [-0.15, -0.1) is 0 Å². The smallest absolute Gasteiger partial charge is 0.315 e. The third-order valence-corrected chi connectivity index (χ3v) is 3.84. The summed E-state index contributed by atoms with van der Waals surface area (Å²) >= 11 is 0. The van der Waals surface area contributed by atoms with Crippen molar-refractivity contribution in [1.29, 1.82) is 0 Å². The molecule has 0 aliphatic rings. The van der Waals surface area contributed by atoms with Gasteiger partial charge in [-0.2, -0.15) is 5.10 Å². The molecule has 0 spiro atoms. The number of carbonyl (C=O) groups excluding carboxylic acids is 1. The molecule has 0 saturated carbocycles. The van der Waals surface area contributed by atoms with E-state index >= 15 is 0 Å². The van der Waals surface area contributed by atoms with Gasteiger partial charge in [0.1, 0.15) is 0 Å². The van der Waals surface area contributed by atoms with Crippen LogP contribution in [-0.4, -0.2) is 33.6 Å². The summed E-state index contributed by atoms with van der Waals surface area (Å²) < 4.78 is 1.90. The zero-order valence-corrected chi connectivity index (χ0v) is 14.5. The van der Waals surface area contributed by atoms with Gasteiger partial charge in [-0.1, -0.05) is 18.2 Å². The fourth-order valence-corrected chi connectivity index (χ4v) is 2.66. The van der Waals surface area contributed by atoms with E-state index < -0.39 is 0 Å². The highest BCUT2D eigenvalue weighted by atomic mass is 16.3. The lowest BCUT2D eigenvalue weighted by Crippen LogP contribution is -2.40. The Labute approximate surface area is 142 Å². The maximum Gasteiger partial charge on any atom is 0.315 e. The number of hydrogen-bond acceptors (Lipinski definition) is 3. The molecule has 0 aliphatic heterocycles. The lowest BCUT2D eigenvalue weighted by atomic mass is 10.1. The lowest BCUT2D eigenvalue weighted by molar-refractivity contribution is 0.234. The number of aliphatic hydroxyl groups excluding tert-OH is 1. The molecule has 1 unspecified atom stereocenters. The van der Waals surface area contributed by atoms with E-state index in [1.165, 1.54) is 0 Å². The minimum absolute atomic E-state index is 0.0309. The Morgan fingerprint density at radius 3 is 2.75 bits per heavy atom. The summed E-state index contributed by atoms with van der Waals surface area (Å²) in [6, 6.07) is 9.76. The maximum atomic E-state index is 12.0. The third kappa shape index (κ3) is 4.83. The van der Waals surface area contributed by atoms with E-state index in [2.05, 4.69) is 15.7 Å². The molecule has 0 aliphatic carbocycles. The molecular weight excluding hydrogens is 304 g/mol. The van der Waals surface area contributed by atoms with Gasteiger partial charge in [0.15, 0.2) is 0 Å². The molecule has 0 bridgehead atoms. The number of carbonyl (C=O) groups is 1. The average molecular weight is 330 g/mol. The van der Waals surface area contributed by atoms with Crippen molar-refractivity contribution in [2.24, 2.45) is 0 Å². The van der Waals surface area contributed by atoms with Gasteiger partial charge in [-0.3, -0.25) is 0 Å². The largest absolute Gasteiger partial charge is 0.396 e. The number of aryl methyl sites for hydroxylation is 2. The first-order valence-electron chi connectivity index (χ1n) is 8.28. The number of benzene rings is 1. The van der Waals surface area contributed by atoms with E-state index in [1.807, 2.05) is 55.8 Å². The van der Waals surface area contributed by atoms with Gasteiger partial charge < -0.3 is 15.7 Å². The Bertz CT molecular complexity index is 681. The van der Waals surface area contributed by atoms with Crippen LogP contribution in [0.3, 0.4) is 0 Å². The molecule has 0 saturated heterocycles. The van der Waals surface area contributed by atoms with Gasteiger partial charge in [-0.05, 0) is 51.3 Å². The predicted molar refractivity (Wildman–Crippen MR) is 94.2 cm³/mol. The van der Waals surface area contributed by atoms with Crippen molar-refractivity contribution in [3.05, 3.63) is 47.3 Å². The van der Waals surface area contributed by atoms with Crippen molar-refractivity contribution in [2.75, 3.05) is 6.61 Å². The highest BCUT2D eigenvalue weighted by molar-refractivity contribution is 5.74. The topological polar surface area (TPSA) is 79.2 Å². The van der Waals surface area contributed by atoms with Gasteiger partial charge in [0.2, 0.25) is 0 Å². The first-order valence-corrected chi connectivity index (χ1v) is 8.28. The number of nitrogens with zero attached hydrogens (tertiary/aromatic N) is 2. The fraction of sp³-hybridized carbons (Fsp3) is 0.444. The Balaban J connectivity index is 2.01. The van der Waals surface area contributed by atoms with E-state index in [0.29, 0.717) is 13.0 Å². The van der Waals surface area contributed by atoms with Crippen LogP contribution in [0.1, 0.15) is 36.7 Å². The zero-order valence-electron chi connectivity index (χ0n) is 14.5. The SMILES string of the molecule is Cc1cc(C)n(-c2ccccc2CNC(=O)NC(C)CCCO)n1. The summed E-state index contributed by atoms with van der Waals surface area (Å²) in [6.07, 6.45) is 1.44. The van der Waals surface area contributed by atoms with Crippen molar-refractivity contribution in [3.8, 4) is 5.69 Å². The molecule has 130 valence electrons. The fourth-order valence-electron chi connectivity index (χ4n) is 2.66. The minimum atomic E-state index is -0.205. The van der Waals surface area contributed by atoms with E-state index in [4.69, 9.17) is 5.11 Å². The normalized spacial score (nSPS) is 12.0. The molecule has 2 amide bonds. The van der Waals surface area contributed by atoms with Gasteiger partial charge >= 0.3 is 6.03 Å². The van der Waals surface area contributed by atoms with Gasteiger partial charge in [-0.25, -0.2) is 9.48 Å². The molecule has 2 rings (SSSR count). The molecule has 24 heavy (non-hydrogen) atoms. The standard InChI is InChI=1S/C18H26N4O2/c1-13(7-6-10-23)20-18(24)19-12-16-8-4-5-9-17(16)22-15(3)11-14(2)21-22/h4-5,8-9,11,13,23H,6-7,10,12H2,1-3H3,(H2,19,20,24). The van der Waals surface area contributed by atoms with Gasteiger partial charge in [0, 0.05) is 24.9 Å². The second-order valence-corrected chi connectivity index (χ2v) is 6.06. The number of para-hydroxylation sites is 1. The van der Waals surface area contributed by atoms with E-state index in [9.17, 15) is 4.79 Å². The first-order chi connectivity index (χ1) is 11.5. The van der Waals surface area contributed by atoms with Gasteiger partial charge in [0.25, 0.3) is 0 Å². The summed E-state index contributed by atoms with van der Waals surface area (Å²) in [5, 5.41) is 19.1. The quantitative estimate of drug-likeness (QED) is 0.729. The van der Waals surface area contributed by atoms with E-state index in [-0.39, 0.29) is 18.7 Å². The molecule has 6 heteroatoms. The maximum absolute atomic E-state index is 12.0. The van der Waals surface area contributed by atoms with Crippen LogP contribution in [0.4, 0.5) is 4.79 Å². The summed E-state index contributed by atoms with van der Waals surface area (Å²) in [7, 11) is 0. The van der Waals surface area contributed by atoms with Crippen LogP contribution in [-0.2, 0) is 6.54 Å². The van der Waals surface area contributed by atoms with Crippen LogP contribution in [0.15, 0.2) is 30.3 Å². The van der Waals surface area contributed by atoms with Crippen LogP contribution >= 0.6 is 0 Å². The Kier molecular flexibility index (Phi) is 6.37.